The van der Waals surface area contributed by atoms with Crippen molar-refractivity contribution < 1.29 is 9.47 Å². The van der Waals surface area contributed by atoms with Crippen LogP contribution in [0.3, 0.4) is 0 Å². The van der Waals surface area contributed by atoms with E-state index >= 15 is 0 Å². The molecule has 1 aromatic rings. The fraction of sp³-hybridized carbons (Fsp3) is 0.700. The Kier molecular flexibility index (Phi) is 3.42. The lowest BCUT2D eigenvalue weighted by Gasteiger charge is -2.44. The van der Waals surface area contributed by atoms with E-state index < -0.39 is 0 Å². The van der Waals surface area contributed by atoms with Crippen molar-refractivity contribution in [2.45, 2.75) is 57.5 Å². The van der Waals surface area contributed by atoms with Crippen LogP contribution in [-0.4, -0.2) is 26.8 Å². The van der Waals surface area contributed by atoms with Gasteiger partial charge in [0.05, 0.1) is 7.11 Å². The molecule has 3 nitrogen and oxygen atoms in total. The molecule has 1 saturated carbocycles. The maximum absolute atomic E-state index is 6.47. The highest BCUT2D eigenvalue weighted by molar-refractivity contribution is 5.59. The maximum Gasteiger partial charge on any atom is 0.165 e. The summed E-state index contributed by atoms with van der Waals surface area (Å²) in [6, 6.07) is 4.40. The molecule has 2 aliphatic carbocycles. The highest BCUT2D eigenvalue weighted by atomic mass is 16.5. The normalized spacial score (nSPS) is 37.7. The van der Waals surface area contributed by atoms with Gasteiger partial charge in [-0.05, 0) is 62.1 Å². The van der Waals surface area contributed by atoms with Crippen LogP contribution < -0.4 is 14.8 Å². The molecule has 1 aromatic carbocycles. The van der Waals surface area contributed by atoms with Gasteiger partial charge >= 0.3 is 0 Å². The van der Waals surface area contributed by atoms with Crippen LogP contribution in [0.25, 0.3) is 0 Å². The van der Waals surface area contributed by atoms with Gasteiger partial charge in [-0.1, -0.05) is 19.9 Å². The molecular weight excluding hydrogens is 286 g/mol. The van der Waals surface area contributed by atoms with Gasteiger partial charge in [0.25, 0.3) is 0 Å². The first-order chi connectivity index (χ1) is 11.0. The highest BCUT2D eigenvalue weighted by Crippen LogP contribution is 2.61. The van der Waals surface area contributed by atoms with Crippen molar-refractivity contribution in [2.75, 3.05) is 20.7 Å². The predicted octanol–water partition coefficient (Wildman–Crippen LogP) is 3.69. The predicted molar refractivity (Wildman–Crippen MR) is 92.5 cm³/mol. The molecule has 0 spiro atoms. The van der Waals surface area contributed by atoms with Gasteiger partial charge < -0.3 is 14.8 Å². The second-order valence-electron chi connectivity index (χ2n) is 8.37. The molecule has 1 N–H and O–H groups in total. The summed E-state index contributed by atoms with van der Waals surface area (Å²) in [5.41, 5.74) is 3.42. The molecule has 4 atom stereocenters. The van der Waals surface area contributed by atoms with E-state index in [1.165, 1.54) is 36.8 Å². The van der Waals surface area contributed by atoms with Gasteiger partial charge in [0, 0.05) is 17.5 Å². The van der Waals surface area contributed by atoms with Crippen molar-refractivity contribution >= 4 is 0 Å². The van der Waals surface area contributed by atoms with Crippen molar-refractivity contribution in [2.24, 2.45) is 11.3 Å². The van der Waals surface area contributed by atoms with Crippen LogP contribution in [0.4, 0.5) is 0 Å². The summed E-state index contributed by atoms with van der Waals surface area (Å²) in [4.78, 5) is 0. The van der Waals surface area contributed by atoms with Crippen LogP contribution in [0.5, 0.6) is 11.5 Å². The van der Waals surface area contributed by atoms with Crippen molar-refractivity contribution in [3.05, 3.63) is 23.3 Å². The van der Waals surface area contributed by atoms with Crippen LogP contribution in [0.2, 0.25) is 0 Å². The average Bonchev–Trinajstić information content (AvgIpc) is 2.77. The summed E-state index contributed by atoms with van der Waals surface area (Å²) >= 11 is 0. The van der Waals surface area contributed by atoms with Crippen LogP contribution in [0.15, 0.2) is 12.1 Å². The van der Waals surface area contributed by atoms with E-state index in [2.05, 4.69) is 38.3 Å². The van der Waals surface area contributed by atoms with E-state index in [0.29, 0.717) is 17.4 Å². The molecule has 0 bridgehead atoms. The Bertz CT molecular complexity index is 628. The van der Waals surface area contributed by atoms with Crippen molar-refractivity contribution in [3.8, 4) is 11.5 Å². The lowest BCUT2D eigenvalue weighted by atomic mass is 9.61. The van der Waals surface area contributed by atoms with Gasteiger partial charge in [-0.3, -0.25) is 0 Å². The zero-order valence-electron chi connectivity index (χ0n) is 14.9. The number of benzene rings is 1. The first-order valence-electron chi connectivity index (χ1n) is 9.03. The molecule has 0 amide bonds. The van der Waals surface area contributed by atoms with Gasteiger partial charge in [0.2, 0.25) is 0 Å². The van der Waals surface area contributed by atoms with E-state index in [4.69, 9.17) is 9.47 Å². The highest BCUT2D eigenvalue weighted by Gasteiger charge is 2.56. The first-order valence-corrected chi connectivity index (χ1v) is 9.03. The lowest BCUT2D eigenvalue weighted by Crippen LogP contribution is -2.46. The van der Waals surface area contributed by atoms with Crippen LogP contribution in [-0.2, 0) is 11.8 Å². The van der Waals surface area contributed by atoms with Gasteiger partial charge in [-0.15, -0.1) is 0 Å². The fourth-order valence-electron chi connectivity index (χ4n) is 5.72. The second kappa shape index (κ2) is 5.14. The minimum atomic E-state index is 0.156. The zero-order valence-corrected chi connectivity index (χ0v) is 14.9. The lowest BCUT2D eigenvalue weighted by molar-refractivity contribution is 0.0437. The van der Waals surface area contributed by atoms with E-state index in [1.54, 1.807) is 7.11 Å². The molecule has 0 radical (unpaired) electrons. The third-order valence-electron chi connectivity index (χ3n) is 6.72. The van der Waals surface area contributed by atoms with Gasteiger partial charge in [0.1, 0.15) is 6.10 Å². The second-order valence-corrected chi connectivity index (χ2v) is 8.37. The summed E-state index contributed by atoms with van der Waals surface area (Å²) in [5, 5.41) is 3.44. The Labute approximate surface area is 139 Å². The summed E-state index contributed by atoms with van der Waals surface area (Å²) < 4.78 is 12.1. The Hall–Kier alpha value is -1.22. The number of methoxy groups -OCH3 is 1. The van der Waals surface area contributed by atoms with Crippen molar-refractivity contribution in [3.63, 3.8) is 0 Å². The monoisotopic (exact) mass is 315 g/mol. The number of hydrogen-bond acceptors (Lipinski definition) is 3. The first kappa shape index (κ1) is 15.3. The average molecular weight is 315 g/mol. The standard InChI is InChI=1S/C20H29NO2/c1-19(12-21-3)10-13-8-9-15(22-4)18-17(13)20(2)14(11-19)6-5-7-16(20)23-18/h8-9,14,16,21H,5-7,10-12H2,1-4H3/t14?,16-,19?,20?/m1/s1. The fourth-order valence-corrected chi connectivity index (χ4v) is 5.72. The quantitative estimate of drug-likeness (QED) is 0.923. The molecule has 1 aliphatic heterocycles. The molecule has 3 heteroatoms. The molecule has 1 fully saturated rings. The van der Waals surface area contributed by atoms with Crippen LogP contribution >= 0.6 is 0 Å². The molecule has 0 saturated heterocycles. The van der Waals surface area contributed by atoms with Gasteiger partial charge in [-0.25, -0.2) is 0 Å². The van der Waals surface area contributed by atoms with Crippen LogP contribution in [0, 0.1) is 11.3 Å². The summed E-state index contributed by atoms with van der Waals surface area (Å²) in [6.07, 6.45) is 6.51. The number of rotatable bonds is 3. The molecule has 23 heavy (non-hydrogen) atoms. The third kappa shape index (κ3) is 2.05. The number of ether oxygens (including phenoxy) is 2. The SMILES string of the molecule is CNCC1(C)Cc2ccc(OC)c3c2C2(C)C(CCC[C@H]2O3)C1. The van der Waals surface area contributed by atoms with Gasteiger partial charge in [0.15, 0.2) is 11.5 Å². The summed E-state index contributed by atoms with van der Waals surface area (Å²) in [5.74, 6) is 2.66. The smallest absolute Gasteiger partial charge is 0.165 e. The van der Waals surface area contributed by atoms with Crippen LogP contribution in [0.1, 0.15) is 50.7 Å². The Morgan fingerprint density at radius 3 is 2.87 bits per heavy atom. The summed E-state index contributed by atoms with van der Waals surface area (Å²) in [6.45, 7) is 5.99. The topological polar surface area (TPSA) is 30.5 Å². The molecule has 4 rings (SSSR count). The number of nitrogens with one attached hydrogen (secondary N) is 1. The molecule has 3 aliphatic rings. The Balaban J connectivity index is 1.92. The Morgan fingerprint density at radius 2 is 2.13 bits per heavy atom. The third-order valence-corrected chi connectivity index (χ3v) is 6.72. The molecule has 1 heterocycles. The van der Waals surface area contributed by atoms with E-state index in [1.807, 2.05) is 0 Å². The van der Waals surface area contributed by atoms with E-state index in [-0.39, 0.29) is 5.41 Å². The molecule has 3 unspecified atom stereocenters. The van der Waals surface area contributed by atoms with Crippen molar-refractivity contribution in [1.82, 2.24) is 5.32 Å². The maximum atomic E-state index is 6.47. The Morgan fingerprint density at radius 1 is 1.30 bits per heavy atom. The minimum absolute atomic E-state index is 0.156. The molecular formula is C20H29NO2. The molecule has 126 valence electrons. The van der Waals surface area contributed by atoms with E-state index in [0.717, 1.165) is 24.5 Å². The number of hydrogen-bond donors (Lipinski definition) is 1. The zero-order chi connectivity index (χ0) is 16.2. The molecule has 0 aromatic heterocycles. The van der Waals surface area contributed by atoms with E-state index in [9.17, 15) is 0 Å². The largest absolute Gasteiger partial charge is 0.493 e. The van der Waals surface area contributed by atoms with Gasteiger partial charge in [-0.2, -0.15) is 0 Å². The summed E-state index contributed by atoms with van der Waals surface area (Å²) in [7, 11) is 3.83. The minimum Gasteiger partial charge on any atom is -0.493 e. The van der Waals surface area contributed by atoms with Crippen molar-refractivity contribution in [1.29, 1.82) is 0 Å².